The fraction of sp³-hybridized carbons (Fsp3) is 0.409. The molecule has 2 aromatic rings. The molecule has 4 fully saturated rings. The van der Waals surface area contributed by atoms with E-state index in [0.717, 1.165) is 36.3 Å². The maximum Gasteiger partial charge on any atom is 0.258 e. The first-order valence-electron chi connectivity index (χ1n) is 10.1. The minimum atomic E-state index is -0.0948. The molecule has 1 aliphatic heterocycles. The molecule has 3 aliphatic carbocycles. The minimum absolute atomic E-state index is 0.00457. The van der Waals surface area contributed by atoms with Crippen LogP contribution in [0.4, 0.5) is 0 Å². The van der Waals surface area contributed by atoms with Crippen LogP contribution >= 0.6 is 23.2 Å². The van der Waals surface area contributed by atoms with E-state index in [1.165, 1.54) is 0 Å². The van der Waals surface area contributed by atoms with E-state index in [-0.39, 0.29) is 35.9 Å². The van der Waals surface area contributed by atoms with Crippen molar-refractivity contribution < 1.29 is 14.4 Å². The number of carbonyl (C=O) groups excluding carboxylic acids is 1. The van der Waals surface area contributed by atoms with Crippen molar-refractivity contribution in [2.45, 2.75) is 49.0 Å². The normalized spacial score (nSPS) is 31.5. The van der Waals surface area contributed by atoms with E-state index < -0.39 is 0 Å². The summed E-state index contributed by atoms with van der Waals surface area (Å²) in [5.41, 5.74) is 4.20. The Balaban J connectivity index is 1.05. The number of hydrogen-bond donors (Lipinski definition) is 3. The third kappa shape index (κ3) is 4.03. The number of benzene rings is 2. The van der Waals surface area contributed by atoms with Crippen LogP contribution in [-0.4, -0.2) is 29.8 Å². The van der Waals surface area contributed by atoms with E-state index in [9.17, 15) is 4.79 Å². The third-order valence-electron chi connectivity index (χ3n) is 6.14. The fourth-order valence-electron chi connectivity index (χ4n) is 4.90. The van der Waals surface area contributed by atoms with Gasteiger partial charge in [0.25, 0.3) is 5.91 Å². The Kier molecular flexibility index (Phi) is 5.16. The zero-order valence-electron chi connectivity index (χ0n) is 16.3. The lowest BCUT2D eigenvalue weighted by molar-refractivity contribution is -0.146. The topological polar surface area (TPSA) is 71.6 Å². The van der Waals surface area contributed by atoms with Crippen LogP contribution in [0.15, 0.2) is 48.5 Å². The minimum Gasteiger partial charge on any atom is -0.484 e. The van der Waals surface area contributed by atoms with E-state index in [4.69, 9.17) is 32.8 Å². The smallest absolute Gasteiger partial charge is 0.258 e. The molecule has 8 heteroatoms. The van der Waals surface area contributed by atoms with Crippen LogP contribution in [0.5, 0.6) is 5.75 Å². The van der Waals surface area contributed by atoms with E-state index in [2.05, 4.69) is 16.1 Å². The van der Waals surface area contributed by atoms with Crippen LogP contribution in [0, 0.1) is 0 Å². The molecule has 1 saturated heterocycles. The molecule has 6 rings (SSSR count). The second-order valence-electron chi connectivity index (χ2n) is 8.59. The Bertz CT molecular complexity index is 916. The molecule has 0 aromatic heterocycles. The molecule has 2 atom stereocenters. The molecule has 3 saturated carbocycles. The quantitative estimate of drug-likeness (QED) is 0.602. The van der Waals surface area contributed by atoms with Gasteiger partial charge in [-0.3, -0.25) is 14.9 Å². The Labute approximate surface area is 185 Å². The average Bonchev–Trinajstić information content (AvgIpc) is 3.14. The lowest BCUT2D eigenvalue weighted by Gasteiger charge is -2.71. The van der Waals surface area contributed by atoms with Gasteiger partial charge < -0.3 is 10.1 Å². The summed E-state index contributed by atoms with van der Waals surface area (Å²) in [7, 11) is 0. The standard InChI is InChI=1S/C22H23Cl2N3O3/c23-15-3-1-14(2-4-15)18-9-19(27-30-18)25-21-11-22(12-21,13-21)26-20(28)10-29-17-7-5-16(24)6-8-17/h1-8,18-19,25,27H,9-13H2,(H,26,28). The van der Waals surface area contributed by atoms with Gasteiger partial charge in [-0.1, -0.05) is 35.3 Å². The number of hydrogen-bond acceptors (Lipinski definition) is 5. The Morgan fingerprint density at radius 1 is 1.03 bits per heavy atom. The molecule has 30 heavy (non-hydrogen) atoms. The maximum atomic E-state index is 12.3. The summed E-state index contributed by atoms with van der Waals surface area (Å²) in [6, 6.07) is 14.7. The first-order chi connectivity index (χ1) is 14.4. The average molecular weight is 448 g/mol. The van der Waals surface area contributed by atoms with Crippen LogP contribution in [0.2, 0.25) is 10.0 Å². The van der Waals surface area contributed by atoms with Crippen LogP contribution in [0.1, 0.15) is 37.4 Å². The van der Waals surface area contributed by atoms with Crippen LogP contribution < -0.4 is 20.9 Å². The van der Waals surface area contributed by atoms with Gasteiger partial charge in [-0.2, -0.15) is 5.48 Å². The molecule has 158 valence electrons. The van der Waals surface area contributed by atoms with Gasteiger partial charge in [-0.05, 0) is 61.2 Å². The molecule has 2 unspecified atom stereocenters. The van der Waals surface area contributed by atoms with E-state index in [1.54, 1.807) is 24.3 Å². The number of amides is 1. The van der Waals surface area contributed by atoms with Crippen LogP contribution in [-0.2, 0) is 9.63 Å². The van der Waals surface area contributed by atoms with E-state index >= 15 is 0 Å². The second-order valence-corrected chi connectivity index (χ2v) is 9.46. The molecule has 2 bridgehead atoms. The molecule has 0 spiro atoms. The monoisotopic (exact) mass is 447 g/mol. The van der Waals surface area contributed by atoms with E-state index in [0.29, 0.717) is 10.8 Å². The summed E-state index contributed by atoms with van der Waals surface area (Å²) in [4.78, 5) is 18.0. The summed E-state index contributed by atoms with van der Waals surface area (Å²) in [6.07, 6.45) is 3.72. The highest BCUT2D eigenvalue weighted by atomic mass is 35.5. The van der Waals surface area contributed by atoms with Crippen molar-refractivity contribution in [1.29, 1.82) is 0 Å². The number of nitrogens with one attached hydrogen (secondary N) is 3. The Morgan fingerprint density at radius 3 is 2.33 bits per heavy atom. The molecule has 4 aliphatic rings. The number of hydroxylamine groups is 1. The highest BCUT2D eigenvalue weighted by Gasteiger charge is 2.69. The highest BCUT2D eigenvalue weighted by molar-refractivity contribution is 6.30. The van der Waals surface area contributed by atoms with Gasteiger partial charge in [-0.25, -0.2) is 0 Å². The maximum absolute atomic E-state index is 12.3. The summed E-state index contributed by atoms with van der Waals surface area (Å²) >= 11 is 11.8. The number of halogens is 2. The largest absolute Gasteiger partial charge is 0.484 e. The first-order valence-corrected chi connectivity index (χ1v) is 10.8. The predicted molar refractivity (Wildman–Crippen MR) is 114 cm³/mol. The number of ether oxygens (including phenoxy) is 1. The van der Waals surface area contributed by atoms with Crippen molar-refractivity contribution in [2.75, 3.05) is 6.61 Å². The van der Waals surface area contributed by atoms with Gasteiger partial charge in [0.1, 0.15) is 11.9 Å². The predicted octanol–water partition coefficient (Wildman–Crippen LogP) is 3.75. The molecule has 1 heterocycles. The van der Waals surface area contributed by atoms with Crippen molar-refractivity contribution in [3.8, 4) is 5.75 Å². The molecule has 0 radical (unpaired) electrons. The lowest BCUT2D eigenvalue weighted by atomic mass is 9.44. The second kappa shape index (κ2) is 7.70. The van der Waals surface area contributed by atoms with Gasteiger partial charge in [0, 0.05) is 27.5 Å². The van der Waals surface area contributed by atoms with Crippen molar-refractivity contribution in [1.82, 2.24) is 16.1 Å². The summed E-state index contributed by atoms with van der Waals surface area (Å²) < 4.78 is 5.53. The number of rotatable bonds is 7. The SMILES string of the molecule is O=C(COc1ccc(Cl)cc1)NC12CC(NC3CC(c4ccc(Cl)cc4)ON3)(C1)C2. The lowest BCUT2D eigenvalue weighted by Crippen LogP contribution is -2.84. The van der Waals surface area contributed by atoms with Crippen molar-refractivity contribution in [2.24, 2.45) is 0 Å². The van der Waals surface area contributed by atoms with Crippen LogP contribution in [0.25, 0.3) is 0 Å². The zero-order chi connectivity index (χ0) is 20.8. The zero-order valence-corrected chi connectivity index (χ0v) is 17.8. The van der Waals surface area contributed by atoms with Gasteiger partial charge in [0.2, 0.25) is 0 Å². The highest BCUT2D eigenvalue weighted by Crippen LogP contribution is 2.60. The van der Waals surface area contributed by atoms with E-state index in [1.807, 2.05) is 24.3 Å². The van der Waals surface area contributed by atoms with Crippen molar-refractivity contribution in [3.63, 3.8) is 0 Å². The molecular weight excluding hydrogens is 425 g/mol. The Hall–Kier alpha value is -1.83. The first kappa shape index (κ1) is 20.1. The van der Waals surface area contributed by atoms with Gasteiger partial charge in [0.15, 0.2) is 6.61 Å². The van der Waals surface area contributed by atoms with Crippen molar-refractivity contribution in [3.05, 3.63) is 64.1 Å². The molecular formula is C22H23Cl2N3O3. The van der Waals surface area contributed by atoms with Gasteiger partial charge in [0.05, 0.1) is 6.17 Å². The number of carbonyl (C=O) groups is 1. The molecule has 2 aromatic carbocycles. The van der Waals surface area contributed by atoms with Crippen LogP contribution in [0.3, 0.4) is 0 Å². The Morgan fingerprint density at radius 2 is 1.67 bits per heavy atom. The summed E-state index contributed by atoms with van der Waals surface area (Å²) in [5.74, 6) is 0.538. The van der Waals surface area contributed by atoms with Gasteiger partial charge in [-0.15, -0.1) is 0 Å². The van der Waals surface area contributed by atoms with Crippen molar-refractivity contribution >= 4 is 29.1 Å². The molecule has 6 nitrogen and oxygen atoms in total. The third-order valence-corrected chi connectivity index (χ3v) is 6.65. The van der Waals surface area contributed by atoms with Gasteiger partial charge >= 0.3 is 0 Å². The summed E-state index contributed by atoms with van der Waals surface area (Å²) in [6.45, 7) is 0.00457. The fourth-order valence-corrected chi connectivity index (χ4v) is 5.15. The molecule has 3 N–H and O–H groups in total. The summed E-state index contributed by atoms with van der Waals surface area (Å²) in [5, 5.41) is 8.17. The molecule has 1 amide bonds.